The Bertz CT molecular complexity index is 2970. The summed E-state index contributed by atoms with van der Waals surface area (Å²) in [5.41, 5.74) is 8.02. The van der Waals surface area contributed by atoms with Crippen molar-refractivity contribution in [1.29, 1.82) is 0 Å². The van der Waals surface area contributed by atoms with Crippen LogP contribution in [0.15, 0.2) is 146 Å². The third-order valence-electron chi connectivity index (χ3n) is 11.3. The normalized spacial score (nSPS) is 13.9. The van der Waals surface area contributed by atoms with Crippen LogP contribution in [0.2, 0.25) is 0 Å². The second kappa shape index (κ2) is 8.75. The molecule has 0 spiro atoms. The Morgan fingerprint density at radius 2 is 0.851 bits per heavy atom. The highest BCUT2D eigenvalue weighted by molar-refractivity contribution is 6.37. The largest absolute Gasteiger partial charge is 0.0616 e. The lowest BCUT2D eigenvalue weighted by Crippen LogP contribution is -2.15. The molecule has 0 N–H and O–H groups in total. The summed E-state index contributed by atoms with van der Waals surface area (Å²) in [5.74, 6) is 0. The van der Waals surface area contributed by atoms with Gasteiger partial charge in [-0.2, -0.15) is 0 Å². The summed E-state index contributed by atoms with van der Waals surface area (Å²) in [6.07, 6.45) is 0. The highest BCUT2D eigenvalue weighted by Gasteiger charge is 2.37. The molecule has 11 rings (SSSR count). The van der Waals surface area contributed by atoms with Gasteiger partial charge in [0.2, 0.25) is 0 Å². The highest BCUT2D eigenvalue weighted by atomic mass is 14.4. The van der Waals surface area contributed by atoms with Crippen molar-refractivity contribution in [1.82, 2.24) is 0 Å². The van der Waals surface area contributed by atoms with E-state index < -0.39 is 0 Å². The Morgan fingerprint density at radius 3 is 1.53 bits per heavy atom. The van der Waals surface area contributed by atoms with Crippen molar-refractivity contribution in [2.45, 2.75) is 19.3 Å². The van der Waals surface area contributed by atoms with Crippen LogP contribution in [0.3, 0.4) is 0 Å². The standard InChI is InChI=1S/C47H30/c1-47(2)41-26-31(21-22-35(41)39-23-20-27-8-3-4-12-34(27)46(39)47)33-24-32-19-18-30-10-6-14-37-36-13-5-9-28-16-17-29-11-7-15-38(44(29)42(28)36)40(25-33)45(32)43(30)37/h3-26H,1-2H3. The van der Waals surface area contributed by atoms with Gasteiger partial charge in [0.1, 0.15) is 0 Å². The van der Waals surface area contributed by atoms with Gasteiger partial charge in [0.25, 0.3) is 0 Å². The second-order valence-electron chi connectivity index (χ2n) is 14.1. The van der Waals surface area contributed by atoms with E-state index in [1.54, 1.807) is 0 Å². The van der Waals surface area contributed by atoms with Crippen LogP contribution in [0.25, 0.3) is 97.7 Å². The molecule has 218 valence electrons. The van der Waals surface area contributed by atoms with Gasteiger partial charge < -0.3 is 0 Å². The first-order valence-corrected chi connectivity index (χ1v) is 16.7. The highest BCUT2D eigenvalue weighted by Crippen LogP contribution is 2.52. The zero-order valence-corrected chi connectivity index (χ0v) is 26.4. The Balaban J connectivity index is 1.27. The van der Waals surface area contributed by atoms with Crippen LogP contribution in [-0.2, 0) is 5.41 Å². The Kier molecular flexibility index (Phi) is 4.74. The van der Waals surface area contributed by atoms with E-state index in [0.717, 1.165) is 0 Å². The molecule has 0 saturated carbocycles. The SMILES string of the molecule is CC1(C)c2cc(-c3cc4ccc5cccc6c7cccc8ccc9cccc(c(c3)c4c56)c9c87)ccc2-c2ccc3ccccc3c21. The second-order valence-corrected chi connectivity index (χ2v) is 14.1. The summed E-state index contributed by atoms with van der Waals surface area (Å²) < 4.78 is 0. The molecule has 0 heteroatoms. The molecule has 1 aliphatic carbocycles. The minimum absolute atomic E-state index is 0.0991. The van der Waals surface area contributed by atoms with Crippen LogP contribution >= 0.6 is 0 Å². The molecule has 10 aromatic rings. The van der Waals surface area contributed by atoms with E-state index in [2.05, 4.69) is 159 Å². The van der Waals surface area contributed by atoms with Gasteiger partial charge in [-0.15, -0.1) is 0 Å². The predicted octanol–water partition coefficient (Wildman–Crippen LogP) is 13.2. The monoisotopic (exact) mass is 594 g/mol. The Morgan fingerprint density at radius 1 is 0.340 bits per heavy atom. The minimum atomic E-state index is -0.0991. The van der Waals surface area contributed by atoms with Gasteiger partial charge in [0.05, 0.1) is 0 Å². The van der Waals surface area contributed by atoms with Crippen molar-refractivity contribution in [2.75, 3.05) is 0 Å². The zero-order chi connectivity index (χ0) is 31.0. The summed E-state index contributed by atoms with van der Waals surface area (Å²) in [4.78, 5) is 0. The molecule has 0 aliphatic heterocycles. The zero-order valence-electron chi connectivity index (χ0n) is 26.4. The van der Waals surface area contributed by atoms with E-state index in [0.29, 0.717) is 0 Å². The fourth-order valence-corrected chi connectivity index (χ4v) is 9.23. The van der Waals surface area contributed by atoms with Crippen LogP contribution < -0.4 is 0 Å². The van der Waals surface area contributed by atoms with Gasteiger partial charge in [-0.05, 0) is 127 Å². The van der Waals surface area contributed by atoms with Gasteiger partial charge in [-0.1, -0.05) is 141 Å². The molecule has 0 atom stereocenters. The van der Waals surface area contributed by atoms with Crippen LogP contribution in [0.4, 0.5) is 0 Å². The fourth-order valence-electron chi connectivity index (χ4n) is 9.23. The maximum Gasteiger partial charge on any atom is 0.0165 e. The van der Waals surface area contributed by atoms with E-state index in [9.17, 15) is 0 Å². The quantitative estimate of drug-likeness (QED) is 0.166. The molecule has 10 aromatic carbocycles. The van der Waals surface area contributed by atoms with Crippen molar-refractivity contribution >= 4 is 75.4 Å². The van der Waals surface area contributed by atoms with Crippen LogP contribution in [0.1, 0.15) is 25.0 Å². The average molecular weight is 595 g/mol. The molecular weight excluding hydrogens is 565 g/mol. The molecular formula is C47H30. The first-order chi connectivity index (χ1) is 23.1. The first kappa shape index (κ1) is 25.5. The lowest BCUT2D eigenvalue weighted by atomic mass is 9.79. The third-order valence-corrected chi connectivity index (χ3v) is 11.3. The number of fused-ring (bicyclic) bond motifs is 7. The Hall–Kier alpha value is -5.72. The average Bonchev–Trinajstić information content (AvgIpc) is 3.35. The van der Waals surface area contributed by atoms with Crippen molar-refractivity contribution in [3.63, 3.8) is 0 Å². The number of hydrogen-bond donors (Lipinski definition) is 0. The summed E-state index contributed by atoms with van der Waals surface area (Å²) in [7, 11) is 0. The summed E-state index contributed by atoms with van der Waals surface area (Å²) in [6.45, 7) is 4.80. The van der Waals surface area contributed by atoms with Gasteiger partial charge in [-0.25, -0.2) is 0 Å². The van der Waals surface area contributed by atoms with Crippen LogP contribution in [0.5, 0.6) is 0 Å². The van der Waals surface area contributed by atoms with E-state index in [1.807, 2.05) is 0 Å². The Labute approximate surface area is 272 Å². The molecule has 1 aliphatic rings. The first-order valence-electron chi connectivity index (χ1n) is 16.7. The van der Waals surface area contributed by atoms with Crippen LogP contribution in [-0.4, -0.2) is 0 Å². The smallest absolute Gasteiger partial charge is 0.0165 e. The maximum atomic E-state index is 2.48. The summed E-state index contributed by atoms with van der Waals surface area (Å²) >= 11 is 0. The number of hydrogen-bond acceptors (Lipinski definition) is 0. The molecule has 0 heterocycles. The van der Waals surface area contributed by atoms with Crippen molar-refractivity contribution in [3.05, 3.63) is 157 Å². The van der Waals surface area contributed by atoms with Crippen molar-refractivity contribution in [2.24, 2.45) is 0 Å². The van der Waals surface area contributed by atoms with Crippen molar-refractivity contribution < 1.29 is 0 Å². The van der Waals surface area contributed by atoms with E-state index in [-0.39, 0.29) is 5.41 Å². The molecule has 0 unspecified atom stereocenters. The third kappa shape index (κ3) is 3.23. The fraction of sp³-hybridized carbons (Fsp3) is 0.0638. The van der Waals surface area contributed by atoms with E-state index in [4.69, 9.17) is 0 Å². The molecule has 0 saturated heterocycles. The van der Waals surface area contributed by atoms with Gasteiger partial charge in [0, 0.05) is 5.41 Å². The van der Waals surface area contributed by atoms with Crippen LogP contribution in [0, 0.1) is 0 Å². The maximum absolute atomic E-state index is 2.48. The minimum Gasteiger partial charge on any atom is -0.0616 e. The molecule has 0 amide bonds. The lowest BCUT2D eigenvalue weighted by Gasteiger charge is -2.24. The lowest BCUT2D eigenvalue weighted by molar-refractivity contribution is 0.666. The number of rotatable bonds is 1. The topological polar surface area (TPSA) is 0 Å². The molecule has 0 aromatic heterocycles. The molecule has 47 heavy (non-hydrogen) atoms. The number of benzene rings is 9. The predicted molar refractivity (Wildman–Crippen MR) is 203 cm³/mol. The van der Waals surface area contributed by atoms with E-state index in [1.165, 1.54) is 109 Å². The van der Waals surface area contributed by atoms with Crippen molar-refractivity contribution in [3.8, 4) is 22.3 Å². The summed E-state index contributed by atoms with van der Waals surface area (Å²) in [6, 6.07) is 55.3. The molecule has 0 radical (unpaired) electrons. The molecule has 0 bridgehead atoms. The summed E-state index contributed by atoms with van der Waals surface area (Å²) in [5, 5.41) is 18.5. The van der Waals surface area contributed by atoms with E-state index >= 15 is 0 Å². The van der Waals surface area contributed by atoms with Gasteiger partial charge in [-0.3, -0.25) is 0 Å². The molecule has 0 nitrogen and oxygen atoms in total. The molecule has 0 fully saturated rings. The van der Waals surface area contributed by atoms with Gasteiger partial charge >= 0.3 is 0 Å². The van der Waals surface area contributed by atoms with Gasteiger partial charge in [0.15, 0.2) is 0 Å².